The van der Waals surface area contributed by atoms with E-state index in [1.165, 1.54) is 44.1 Å². The second kappa shape index (κ2) is 12.7. The van der Waals surface area contributed by atoms with Crippen molar-refractivity contribution in [2.24, 2.45) is 17.8 Å². The third kappa shape index (κ3) is 11.8. The Balaban J connectivity index is 3.69. The molecule has 0 bridgehead atoms. The Bertz CT molecular complexity index is 320. The zero-order chi connectivity index (χ0) is 17.0. The van der Waals surface area contributed by atoms with Crippen LogP contribution >= 0.6 is 0 Å². The zero-order valence-corrected chi connectivity index (χ0v) is 15.5. The number of hydrogen-bond acceptors (Lipinski definition) is 1. The Labute approximate surface area is 138 Å². The summed E-state index contributed by atoms with van der Waals surface area (Å²) in [6, 6.07) is 0. The average Bonchev–Trinajstić information content (AvgIpc) is 2.46. The van der Waals surface area contributed by atoms with Crippen molar-refractivity contribution in [1.29, 1.82) is 0 Å². The lowest BCUT2D eigenvalue weighted by molar-refractivity contribution is -0.141. The monoisotopic (exact) mass is 310 g/mol. The molecule has 0 amide bonds. The predicted octanol–water partition coefficient (Wildman–Crippen LogP) is 6.46. The predicted molar refractivity (Wildman–Crippen MR) is 96.1 cm³/mol. The van der Waals surface area contributed by atoms with E-state index in [1.807, 2.05) is 0 Å². The second-order valence-corrected chi connectivity index (χ2v) is 7.31. The molecule has 0 aliphatic carbocycles. The van der Waals surface area contributed by atoms with E-state index in [-0.39, 0.29) is 5.92 Å². The van der Waals surface area contributed by atoms with Crippen LogP contribution in [0.15, 0.2) is 11.6 Å². The topological polar surface area (TPSA) is 37.3 Å². The first kappa shape index (κ1) is 21.2. The molecule has 0 aromatic carbocycles. The molecule has 0 saturated carbocycles. The lowest BCUT2D eigenvalue weighted by atomic mass is 9.93. The van der Waals surface area contributed by atoms with Crippen molar-refractivity contribution in [3.05, 3.63) is 11.6 Å². The van der Waals surface area contributed by atoms with E-state index < -0.39 is 5.97 Å². The number of aliphatic carboxylic acids is 1. The van der Waals surface area contributed by atoms with Crippen molar-refractivity contribution in [3.8, 4) is 0 Å². The van der Waals surface area contributed by atoms with Gasteiger partial charge in [0.15, 0.2) is 0 Å². The van der Waals surface area contributed by atoms with Crippen LogP contribution in [0.2, 0.25) is 0 Å². The minimum absolute atomic E-state index is 0.227. The molecular weight excluding hydrogens is 272 g/mol. The van der Waals surface area contributed by atoms with Crippen LogP contribution in [0.3, 0.4) is 0 Å². The van der Waals surface area contributed by atoms with Gasteiger partial charge < -0.3 is 5.11 Å². The first-order valence-electron chi connectivity index (χ1n) is 9.25. The number of rotatable bonds is 13. The summed E-state index contributed by atoms with van der Waals surface area (Å²) in [7, 11) is 0. The largest absolute Gasteiger partial charge is 0.481 e. The number of hydrogen-bond donors (Lipinski definition) is 1. The van der Waals surface area contributed by atoms with Gasteiger partial charge in [0.1, 0.15) is 0 Å². The third-order valence-electron chi connectivity index (χ3n) is 4.87. The molecule has 130 valence electrons. The Morgan fingerprint density at radius 1 is 1.00 bits per heavy atom. The van der Waals surface area contributed by atoms with Gasteiger partial charge in [-0.1, -0.05) is 71.4 Å². The Kier molecular flexibility index (Phi) is 12.3. The van der Waals surface area contributed by atoms with Gasteiger partial charge >= 0.3 is 5.97 Å². The molecule has 0 spiro atoms. The van der Waals surface area contributed by atoms with E-state index >= 15 is 0 Å². The number of allylic oxidation sites excluding steroid dienone is 2. The minimum atomic E-state index is -0.683. The number of carbonyl (C=O) groups is 1. The summed E-state index contributed by atoms with van der Waals surface area (Å²) in [6.07, 6.45) is 13.0. The van der Waals surface area contributed by atoms with Crippen molar-refractivity contribution in [2.45, 2.75) is 92.4 Å². The fourth-order valence-corrected chi connectivity index (χ4v) is 2.70. The van der Waals surface area contributed by atoms with Gasteiger partial charge in [0, 0.05) is 0 Å². The summed E-state index contributed by atoms with van der Waals surface area (Å²) in [5.74, 6) is 0.807. The van der Waals surface area contributed by atoms with Crippen LogP contribution in [0, 0.1) is 17.8 Å². The highest BCUT2D eigenvalue weighted by Crippen LogP contribution is 2.20. The lowest BCUT2D eigenvalue weighted by Crippen LogP contribution is -2.08. The molecule has 0 aromatic heterocycles. The molecule has 2 heteroatoms. The van der Waals surface area contributed by atoms with Gasteiger partial charge in [-0.2, -0.15) is 0 Å². The van der Waals surface area contributed by atoms with E-state index in [2.05, 4.69) is 33.8 Å². The summed E-state index contributed by atoms with van der Waals surface area (Å²) in [5.41, 5.74) is 1.42. The Hall–Kier alpha value is -0.790. The van der Waals surface area contributed by atoms with Crippen molar-refractivity contribution in [3.63, 3.8) is 0 Å². The van der Waals surface area contributed by atoms with E-state index in [1.54, 1.807) is 6.92 Å². The van der Waals surface area contributed by atoms with Gasteiger partial charge in [-0.05, 0) is 44.4 Å². The van der Waals surface area contributed by atoms with Crippen LogP contribution in [0.4, 0.5) is 0 Å². The standard InChI is InChI=1S/C20H38O2/c1-6-16(2)10-7-11-17(3)12-8-13-18(4)14-9-15-19(5)20(21)22/h14,16-17,19H,6-13,15H2,1-5H3,(H,21,22). The molecule has 0 radical (unpaired) electrons. The molecular formula is C20H38O2. The fraction of sp³-hybridized carbons (Fsp3) is 0.850. The fourth-order valence-electron chi connectivity index (χ4n) is 2.70. The van der Waals surface area contributed by atoms with Gasteiger partial charge in [-0.3, -0.25) is 4.79 Å². The quantitative estimate of drug-likeness (QED) is 0.396. The van der Waals surface area contributed by atoms with Crippen molar-refractivity contribution in [1.82, 2.24) is 0 Å². The van der Waals surface area contributed by atoms with E-state index in [0.717, 1.165) is 31.1 Å². The van der Waals surface area contributed by atoms with Crippen molar-refractivity contribution >= 4 is 5.97 Å². The highest BCUT2D eigenvalue weighted by Gasteiger charge is 2.09. The van der Waals surface area contributed by atoms with E-state index in [9.17, 15) is 4.79 Å². The molecule has 3 unspecified atom stereocenters. The molecule has 0 saturated heterocycles. The zero-order valence-electron chi connectivity index (χ0n) is 15.5. The van der Waals surface area contributed by atoms with Crippen molar-refractivity contribution < 1.29 is 9.90 Å². The maximum Gasteiger partial charge on any atom is 0.306 e. The number of carboxylic acids is 1. The molecule has 0 aliphatic heterocycles. The molecule has 2 nitrogen and oxygen atoms in total. The summed E-state index contributed by atoms with van der Waals surface area (Å²) >= 11 is 0. The van der Waals surface area contributed by atoms with Gasteiger partial charge in [0.05, 0.1) is 5.92 Å². The van der Waals surface area contributed by atoms with Gasteiger partial charge in [0.2, 0.25) is 0 Å². The van der Waals surface area contributed by atoms with Crippen LogP contribution in [0.1, 0.15) is 92.4 Å². The van der Waals surface area contributed by atoms with Gasteiger partial charge in [0.25, 0.3) is 0 Å². The molecule has 0 rings (SSSR count). The Morgan fingerprint density at radius 2 is 1.59 bits per heavy atom. The van der Waals surface area contributed by atoms with E-state index in [0.29, 0.717) is 0 Å². The maximum absolute atomic E-state index is 10.7. The molecule has 0 fully saturated rings. The average molecular weight is 311 g/mol. The molecule has 1 N–H and O–H groups in total. The normalized spacial score (nSPS) is 16.3. The Morgan fingerprint density at radius 3 is 2.18 bits per heavy atom. The molecule has 22 heavy (non-hydrogen) atoms. The van der Waals surface area contributed by atoms with Gasteiger partial charge in [-0.25, -0.2) is 0 Å². The van der Waals surface area contributed by atoms with E-state index in [4.69, 9.17) is 5.11 Å². The van der Waals surface area contributed by atoms with Crippen LogP contribution in [-0.2, 0) is 4.79 Å². The molecule has 0 heterocycles. The summed E-state index contributed by atoms with van der Waals surface area (Å²) in [6.45, 7) is 11.0. The summed E-state index contributed by atoms with van der Waals surface area (Å²) in [5, 5.41) is 8.85. The first-order chi connectivity index (χ1) is 10.4. The van der Waals surface area contributed by atoms with Crippen LogP contribution in [0.5, 0.6) is 0 Å². The maximum atomic E-state index is 10.7. The summed E-state index contributed by atoms with van der Waals surface area (Å²) < 4.78 is 0. The van der Waals surface area contributed by atoms with Crippen molar-refractivity contribution in [2.75, 3.05) is 0 Å². The first-order valence-corrected chi connectivity index (χ1v) is 9.25. The highest BCUT2D eigenvalue weighted by molar-refractivity contribution is 5.69. The second-order valence-electron chi connectivity index (χ2n) is 7.31. The smallest absolute Gasteiger partial charge is 0.306 e. The highest BCUT2D eigenvalue weighted by atomic mass is 16.4. The van der Waals surface area contributed by atoms with Gasteiger partial charge in [-0.15, -0.1) is 0 Å². The molecule has 0 aromatic rings. The van der Waals surface area contributed by atoms with Crippen LogP contribution < -0.4 is 0 Å². The third-order valence-corrected chi connectivity index (χ3v) is 4.87. The molecule has 0 aliphatic rings. The SMILES string of the molecule is CCC(C)CCCC(C)CCCC(C)=CCCC(C)C(=O)O. The van der Waals surface area contributed by atoms with Crippen LogP contribution in [0.25, 0.3) is 0 Å². The lowest BCUT2D eigenvalue weighted by Gasteiger charge is -2.13. The summed E-state index contributed by atoms with van der Waals surface area (Å²) in [4.78, 5) is 10.7. The number of carboxylic acid groups (broad SMARTS) is 1. The molecule has 3 atom stereocenters. The minimum Gasteiger partial charge on any atom is -0.481 e. The van der Waals surface area contributed by atoms with Crippen LogP contribution in [-0.4, -0.2) is 11.1 Å².